The van der Waals surface area contributed by atoms with Gasteiger partial charge in [0, 0.05) is 32.1 Å². The fourth-order valence-electron chi connectivity index (χ4n) is 2.04. The van der Waals surface area contributed by atoms with E-state index in [2.05, 4.69) is 20.2 Å². The fraction of sp³-hybridized carbons (Fsp3) is 0.545. The average molecular weight is 255 g/mol. The van der Waals surface area contributed by atoms with E-state index >= 15 is 0 Å². The molecule has 5 nitrogen and oxygen atoms in total. The molecule has 92 valence electrons. The van der Waals surface area contributed by atoms with E-state index in [9.17, 15) is 4.79 Å². The van der Waals surface area contributed by atoms with Gasteiger partial charge in [-0.3, -0.25) is 4.79 Å². The number of halogens is 1. The van der Waals surface area contributed by atoms with Crippen LogP contribution < -0.4 is 10.2 Å². The third-order valence-corrected chi connectivity index (χ3v) is 3.05. The fourth-order valence-corrected chi connectivity index (χ4v) is 2.18. The van der Waals surface area contributed by atoms with Crippen LogP contribution in [0.1, 0.15) is 19.8 Å². The zero-order valence-electron chi connectivity index (χ0n) is 9.69. The van der Waals surface area contributed by atoms with E-state index in [4.69, 9.17) is 11.6 Å². The molecule has 0 radical (unpaired) electrons. The first kappa shape index (κ1) is 12.1. The molecule has 1 aliphatic heterocycles. The molecule has 6 heteroatoms. The molecule has 1 aromatic heterocycles. The number of aromatic nitrogens is 2. The lowest BCUT2D eigenvalue weighted by Crippen LogP contribution is -2.44. The van der Waals surface area contributed by atoms with E-state index in [0.717, 1.165) is 31.7 Å². The summed E-state index contributed by atoms with van der Waals surface area (Å²) in [5.41, 5.74) is 0. The van der Waals surface area contributed by atoms with Crippen molar-refractivity contribution in [1.29, 1.82) is 0 Å². The standard InChI is InChI=1S/C11H15ClN4O/c1-8(17)15-9-2-4-16(5-3-9)11-6-10(12)13-7-14-11/h6-7,9H,2-5H2,1H3,(H,15,17). The van der Waals surface area contributed by atoms with Crippen molar-refractivity contribution in [2.75, 3.05) is 18.0 Å². The van der Waals surface area contributed by atoms with Crippen LogP contribution in [0.25, 0.3) is 0 Å². The van der Waals surface area contributed by atoms with Crippen LogP contribution in [0.4, 0.5) is 5.82 Å². The predicted molar refractivity (Wildman–Crippen MR) is 66.1 cm³/mol. The summed E-state index contributed by atoms with van der Waals surface area (Å²) < 4.78 is 0. The maximum Gasteiger partial charge on any atom is 0.217 e. The monoisotopic (exact) mass is 254 g/mol. The maximum absolute atomic E-state index is 10.9. The number of hydrogen-bond acceptors (Lipinski definition) is 4. The molecule has 1 aromatic rings. The quantitative estimate of drug-likeness (QED) is 0.807. The van der Waals surface area contributed by atoms with Gasteiger partial charge in [-0.2, -0.15) is 0 Å². The van der Waals surface area contributed by atoms with Crippen molar-refractivity contribution in [2.45, 2.75) is 25.8 Å². The van der Waals surface area contributed by atoms with Crippen molar-refractivity contribution in [2.24, 2.45) is 0 Å². The first-order valence-electron chi connectivity index (χ1n) is 5.65. The molecule has 17 heavy (non-hydrogen) atoms. The molecule has 0 unspecified atom stereocenters. The van der Waals surface area contributed by atoms with Crippen LogP contribution in [-0.4, -0.2) is 35.0 Å². The van der Waals surface area contributed by atoms with Crippen molar-refractivity contribution >= 4 is 23.3 Å². The van der Waals surface area contributed by atoms with Gasteiger partial charge in [-0.25, -0.2) is 9.97 Å². The summed E-state index contributed by atoms with van der Waals surface area (Å²) in [6.45, 7) is 3.30. The minimum absolute atomic E-state index is 0.0357. The zero-order chi connectivity index (χ0) is 12.3. The number of rotatable bonds is 2. The van der Waals surface area contributed by atoms with Gasteiger partial charge < -0.3 is 10.2 Å². The Morgan fingerprint density at radius 1 is 1.47 bits per heavy atom. The third kappa shape index (κ3) is 3.30. The lowest BCUT2D eigenvalue weighted by atomic mass is 10.1. The Morgan fingerprint density at radius 2 is 2.18 bits per heavy atom. The Bertz CT molecular complexity index is 404. The number of carbonyl (C=O) groups excluding carboxylic acids is 1. The van der Waals surface area contributed by atoms with Crippen molar-refractivity contribution in [3.05, 3.63) is 17.5 Å². The Labute approximate surface area is 105 Å². The second-order valence-corrected chi connectivity index (χ2v) is 4.55. The normalized spacial score (nSPS) is 16.9. The number of hydrogen-bond donors (Lipinski definition) is 1. The highest BCUT2D eigenvalue weighted by Gasteiger charge is 2.20. The topological polar surface area (TPSA) is 58.1 Å². The van der Waals surface area contributed by atoms with Crippen molar-refractivity contribution in [3.63, 3.8) is 0 Å². The van der Waals surface area contributed by atoms with Crippen molar-refractivity contribution in [1.82, 2.24) is 15.3 Å². The summed E-state index contributed by atoms with van der Waals surface area (Å²) in [7, 11) is 0. The Balaban J connectivity index is 1.93. The number of piperidine rings is 1. The van der Waals surface area contributed by atoms with Gasteiger partial charge in [0.25, 0.3) is 0 Å². The average Bonchev–Trinajstić information content (AvgIpc) is 2.29. The molecule has 0 spiro atoms. The van der Waals surface area contributed by atoms with Crippen LogP contribution in [0.5, 0.6) is 0 Å². The molecule has 2 rings (SSSR count). The summed E-state index contributed by atoms with van der Waals surface area (Å²) in [4.78, 5) is 21.2. The van der Waals surface area contributed by atoms with Gasteiger partial charge in [-0.05, 0) is 12.8 Å². The van der Waals surface area contributed by atoms with E-state index in [0.29, 0.717) is 5.15 Å². The highest BCUT2D eigenvalue weighted by atomic mass is 35.5. The van der Waals surface area contributed by atoms with E-state index in [-0.39, 0.29) is 11.9 Å². The molecule has 1 N–H and O–H groups in total. The van der Waals surface area contributed by atoms with Gasteiger partial charge >= 0.3 is 0 Å². The van der Waals surface area contributed by atoms with E-state index in [1.165, 1.54) is 6.33 Å². The molecule has 1 saturated heterocycles. The summed E-state index contributed by atoms with van der Waals surface area (Å²) in [6, 6.07) is 2.04. The van der Waals surface area contributed by atoms with Gasteiger partial charge in [-0.1, -0.05) is 11.6 Å². The van der Waals surface area contributed by atoms with Gasteiger partial charge in [0.2, 0.25) is 5.91 Å². The van der Waals surface area contributed by atoms with Crippen LogP contribution in [0.15, 0.2) is 12.4 Å². The molecule has 0 atom stereocenters. The number of anilines is 1. The summed E-state index contributed by atoms with van der Waals surface area (Å²) in [5.74, 6) is 0.889. The molecule has 1 amide bonds. The zero-order valence-corrected chi connectivity index (χ0v) is 10.4. The molecule has 0 saturated carbocycles. The van der Waals surface area contributed by atoms with E-state index in [1.807, 2.05) is 0 Å². The van der Waals surface area contributed by atoms with E-state index in [1.54, 1.807) is 13.0 Å². The Kier molecular flexibility index (Phi) is 3.78. The first-order chi connectivity index (χ1) is 8.15. The maximum atomic E-state index is 10.9. The first-order valence-corrected chi connectivity index (χ1v) is 6.02. The Morgan fingerprint density at radius 3 is 2.76 bits per heavy atom. The summed E-state index contributed by atoms with van der Waals surface area (Å²) >= 11 is 5.83. The second-order valence-electron chi connectivity index (χ2n) is 4.16. The highest BCUT2D eigenvalue weighted by molar-refractivity contribution is 6.29. The summed E-state index contributed by atoms with van der Waals surface area (Å²) in [5, 5.41) is 3.40. The van der Waals surface area contributed by atoms with Gasteiger partial charge in [0.1, 0.15) is 17.3 Å². The smallest absolute Gasteiger partial charge is 0.217 e. The minimum Gasteiger partial charge on any atom is -0.356 e. The van der Waals surface area contributed by atoms with Gasteiger partial charge in [0.15, 0.2) is 0 Å². The van der Waals surface area contributed by atoms with Crippen LogP contribution >= 0.6 is 11.6 Å². The molecule has 0 bridgehead atoms. The summed E-state index contributed by atoms with van der Waals surface area (Å²) in [6.07, 6.45) is 3.33. The minimum atomic E-state index is 0.0357. The SMILES string of the molecule is CC(=O)NC1CCN(c2cc(Cl)ncn2)CC1. The molecule has 1 aliphatic rings. The number of nitrogens with one attached hydrogen (secondary N) is 1. The van der Waals surface area contributed by atoms with Gasteiger partial charge in [0.05, 0.1) is 0 Å². The second kappa shape index (κ2) is 5.31. The van der Waals surface area contributed by atoms with Crippen molar-refractivity contribution < 1.29 is 4.79 Å². The van der Waals surface area contributed by atoms with Crippen molar-refractivity contribution in [3.8, 4) is 0 Å². The van der Waals surface area contributed by atoms with Crippen LogP contribution in [-0.2, 0) is 4.79 Å². The van der Waals surface area contributed by atoms with E-state index < -0.39 is 0 Å². The van der Waals surface area contributed by atoms with Gasteiger partial charge in [-0.15, -0.1) is 0 Å². The molecule has 0 aliphatic carbocycles. The molecule has 0 aromatic carbocycles. The number of carbonyl (C=O) groups is 1. The number of nitrogens with zero attached hydrogens (tertiary/aromatic N) is 3. The lowest BCUT2D eigenvalue weighted by Gasteiger charge is -2.32. The molecule has 2 heterocycles. The number of amides is 1. The largest absolute Gasteiger partial charge is 0.356 e. The lowest BCUT2D eigenvalue weighted by molar-refractivity contribution is -0.119. The third-order valence-electron chi connectivity index (χ3n) is 2.85. The van der Waals surface area contributed by atoms with Crippen LogP contribution in [0.3, 0.4) is 0 Å². The predicted octanol–water partition coefficient (Wildman–Crippen LogP) is 1.23. The molecule has 1 fully saturated rings. The Hall–Kier alpha value is -1.36. The molecular formula is C11H15ClN4O. The highest BCUT2D eigenvalue weighted by Crippen LogP contribution is 2.19. The van der Waals surface area contributed by atoms with Crippen LogP contribution in [0.2, 0.25) is 5.15 Å². The van der Waals surface area contributed by atoms with Crippen LogP contribution in [0, 0.1) is 0 Å². The molecular weight excluding hydrogens is 240 g/mol.